The third-order valence-electron chi connectivity index (χ3n) is 2.46. The highest BCUT2D eigenvalue weighted by Crippen LogP contribution is 2.22. The number of nitrogen functional groups attached to an aromatic ring is 1. The molecule has 1 unspecified atom stereocenters. The molecular formula is C14H15NO. The second-order valence-corrected chi connectivity index (χ2v) is 3.74. The molecule has 2 N–H and O–H groups in total. The normalized spacial score (nSPS) is 12.1. The number of anilines is 1. The zero-order chi connectivity index (χ0) is 11.4. The number of rotatable bonds is 3. The van der Waals surface area contributed by atoms with Crippen LogP contribution in [-0.4, -0.2) is 0 Å². The van der Waals surface area contributed by atoms with Crippen LogP contribution in [0.25, 0.3) is 0 Å². The summed E-state index contributed by atoms with van der Waals surface area (Å²) in [4.78, 5) is 0. The first kappa shape index (κ1) is 10.6. The largest absolute Gasteiger partial charge is 0.486 e. The van der Waals surface area contributed by atoms with Crippen molar-refractivity contribution in [2.45, 2.75) is 13.0 Å². The van der Waals surface area contributed by atoms with Crippen LogP contribution in [0, 0.1) is 0 Å². The third kappa shape index (κ3) is 2.54. The van der Waals surface area contributed by atoms with Crippen molar-refractivity contribution >= 4 is 5.69 Å². The smallest absolute Gasteiger partial charge is 0.121 e. The van der Waals surface area contributed by atoms with Gasteiger partial charge in [-0.05, 0) is 36.8 Å². The Balaban J connectivity index is 2.08. The predicted octanol–water partition coefficient (Wildman–Crippen LogP) is 3.41. The molecule has 0 aliphatic heterocycles. The molecule has 0 heterocycles. The minimum Gasteiger partial charge on any atom is -0.486 e. The Kier molecular flexibility index (Phi) is 3.10. The van der Waals surface area contributed by atoms with Crippen LogP contribution < -0.4 is 10.5 Å². The Hall–Kier alpha value is -1.96. The molecule has 0 fully saturated rings. The highest BCUT2D eigenvalue weighted by Gasteiger charge is 2.05. The predicted molar refractivity (Wildman–Crippen MR) is 66.3 cm³/mol. The van der Waals surface area contributed by atoms with Crippen LogP contribution in [0.1, 0.15) is 18.6 Å². The van der Waals surface area contributed by atoms with E-state index in [4.69, 9.17) is 10.5 Å². The minimum atomic E-state index is 0.0461. The monoisotopic (exact) mass is 213 g/mol. The van der Waals surface area contributed by atoms with Gasteiger partial charge in [-0.1, -0.05) is 30.3 Å². The second kappa shape index (κ2) is 4.71. The van der Waals surface area contributed by atoms with Gasteiger partial charge in [-0.25, -0.2) is 0 Å². The van der Waals surface area contributed by atoms with Gasteiger partial charge in [0.15, 0.2) is 0 Å². The highest BCUT2D eigenvalue weighted by atomic mass is 16.5. The molecule has 2 rings (SSSR count). The molecule has 16 heavy (non-hydrogen) atoms. The standard InChI is InChI=1S/C14H15NO/c1-11(12-5-3-2-4-6-12)16-14-9-7-13(15)8-10-14/h2-11H,15H2,1H3. The first-order chi connectivity index (χ1) is 7.75. The molecule has 0 aromatic heterocycles. The third-order valence-corrected chi connectivity index (χ3v) is 2.46. The summed E-state index contributed by atoms with van der Waals surface area (Å²) < 4.78 is 5.80. The topological polar surface area (TPSA) is 35.2 Å². The average Bonchev–Trinajstić information content (AvgIpc) is 2.33. The molecule has 0 radical (unpaired) electrons. The van der Waals surface area contributed by atoms with Crippen LogP contribution in [0.2, 0.25) is 0 Å². The van der Waals surface area contributed by atoms with Crippen molar-refractivity contribution in [2.75, 3.05) is 5.73 Å². The lowest BCUT2D eigenvalue weighted by molar-refractivity contribution is 0.227. The van der Waals surface area contributed by atoms with Crippen LogP contribution in [0.3, 0.4) is 0 Å². The maximum Gasteiger partial charge on any atom is 0.121 e. The number of hydrogen-bond donors (Lipinski definition) is 1. The van der Waals surface area contributed by atoms with Gasteiger partial charge < -0.3 is 10.5 Å². The van der Waals surface area contributed by atoms with Crippen LogP contribution in [-0.2, 0) is 0 Å². The molecule has 2 aromatic carbocycles. The molecule has 0 aliphatic carbocycles. The van der Waals surface area contributed by atoms with Gasteiger partial charge in [0, 0.05) is 5.69 Å². The molecule has 2 aromatic rings. The molecule has 0 saturated heterocycles. The first-order valence-electron chi connectivity index (χ1n) is 5.33. The van der Waals surface area contributed by atoms with Gasteiger partial charge in [-0.2, -0.15) is 0 Å². The zero-order valence-electron chi connectivity index (χ0n) is 9.26. The van der Waals surface area contributed by atoms with Gasteiger partial charge in [0.05, 0.1) is 0 Å². The van der Waals surface area contributed by atoms with Gasteiger partial charge in [0.2, 0.25) is 0 Å². The molecule has 0 spiro atoms. The van der Waals surface area contributed by atoms with E-state index in [1.807, 2.05) is 49.4 Å². The first-order valence-corrected chi connectivity index (χ1v) is 5.33. The molecule has 82 valence electrons. The maximum atomic E-state index is 5.80. The van der Waals surface area contributed by atoms with Gasteiger partial charge in [-0.15, -0.1) is 0 Å². The number of ether oxygens (including phenoxy) is 1. The summed E-state index contributed by atoms with van der Waals surface area (Å²) in [5.41, 5.74) is 7.53. The summed E-state index contributed by atoms with van der Waals surface area (Å²) in [5.74, 6) is 0.838. The Morgan fingerprint density at radius 1 is 0.938 bits per heavy atom. The van der Waals surface area contributed by atoms with Crippen LogP contribution in [0.4, 0.5) is 5.69 Å². The summed E-state index contributed by atoms with van der Waals surface area (Å²) in [6, 6.07) is 17.6. The quantitative estimate of drug-likeness (QED) is 0.793. The highest BCUT2D eigenvalue weighted by molar-refractivity contribution is 5.41. The van der Waals surface area contributed by atoms with Crippen molar-refractivity contribution in [3.05, 3.63) is 60.2 Å². The molecule has 0 bridgehead atoms. The molecule has 2 nitrogen and oxygen atoms in total. The summed E-state index contributed by atoms with van der Waals surface area (Å²) in [6.45, 7) is 2.03. The van der Waals surface area contributed by atoms with Crippen molar-refractivity contribution in [1.82, 2.24) is 0 Å². The fourth-order valence-corrected chi connectivity index (χ4v) is 1.54. The number of benzene rings is 2. The van der Waals surface area contributed by atoms with Crippen molar-refractivity contribution in [1.29, 1.82) is 0 Å². The maximum absolute atomic E-state index is 5.80. The number of nitrogens with two attached hydrogens (primary N) is 1. The van der Waals surface area contributed by atoms with Crippen LogP contribution in [0.15, 0.2) is 54.6 Å². The van der Waals surface area contributed by atoms with Crippen molar-refractivity contribution < 1.29 is 4.74 Å². The van der Waals surface area contributed by atoms with E-state index in [0.717, 1.165) is 11.4 Å². The van der Waals surface area contributed by atoms with Gasteiger partial charge in [0.25, 0.3) is 0 Å². The molecule has 0 saturated carbocycles. The van der Waals surface area contributed by atoms with Crippen LogP contribution >= 0.6 is 0 Å². The van der Waals surface area contributed by atoms with E-state index in [0.29, 0.717) is 0 Å². The van der Waals surface area contributed by atoms with E-state index >= 15 is 0 Å². The Morgan fingerprint density at radius 2 is 1.56 bits per heavy atom. The summed E-state index contributed by atoms with van der Waals surface area (Å²) in [6.07, 6.45) is 0.0461. The molecule has 0 amide bonds. The lowest BCUT2D eigenvalue weighted by atomic mass is 10.1. The van der Waals surface area contributed by atoms with E-state index in [1.165, 1.54) is 5.56 Å². The zero-order valence-corrected chi connectivity index (χ0v) is 9.26. The van der Waals surface area contributed by atoms with Crippen molar-refractivity contribution in [3.63, 3.8) is 0 Å². The van der Waals surface area contributed by atoms with Gasteiger partial charge in [0.1, 0.15) is 11.9 Å². The fraction of sp³-hybridized carbons (Fsp3) is 0.143. The Bertz CT molecular complexity index is 436. The van der Waals surface area contributed by atoms with E-state index in [1.54, 1.807) is 0 Å². The summed E-state index contributed by atoms with van der Waals surface area (Å²) >= 11 is 0. The molecule has 2 heteroatoms. The van der Waals surface area contributed by atoms with Crippen LogP contribution in [0.5, 0.6) is 5.75 Å². The fourth-order valence-electron chi connectivity index (χ4n) is 1.54. The van der Waals surface area contributed by atoms with Crippen molar-refractivity contribution in [2.24, 2.45) is 0 Å². The lowest BCUT2D eigenvalue weighted by Crippen LogP contribution is -2.02. The number of hydrogen-bond acceptors (Lipinski definition) is 2. The average molecular weight is 213 g/mol. The lowest BCUT2D eigenvalue weighted by Gasteiger charge is -2.14. The second-order valence-electron chi connectivity index (χ2n) is 3.74. The Labute approximate surface area is 95.7 Å². The van der Waals surface area contributed by atoms with E-state index < -0.39 is 0 Å². The summed E-state index contributed by atoms with van der Waals surface area (Å²) in [7, 11) is 0. The molecule has 1 atom stereocenters. The van der Waals surface area contributed by atoms with E-state index in [2.05, 4.69) is 12.1 Å². The Morgan fingerprint density at radius 3 is 2.19 bits per heavy atom. The van der Waals surface area contributed by atoms with Crippen molar-refractivity contribution in [3.8, 4) is 5.75 Å². The summed E-state index contributed by atoms with van der Waals surface area (Å²) in [5, 5.41) is 0. The van der Waals surface area contributed by atoms with Gasteiger partial charge in [-0.3, -0.25) is 0 Å². The van der Waals surface area contributed by atoms with E-state index in [-0.39, 0.29) is 6.10 Å². The SMILES string of the molecule is CC(Oc1ccc(N)cc1)c1ccccc1. The minimum absolute atomic E-state index is 0.0461. The molecule has 0 aliphatic rings. The van der Waals surface area contributed by atoms with Gasteiger partial charge >= 0.3 is 0 Å². The van der Waals surface area contributed by atoms with E-state index in [9.17, 15) is 0 Å². The molecular weight excluding hydrogens is 198 g/mol.